The Morgan fingerprint density at radius 2 is 2.09 bits per heavy atom. The van der Waals surface area contributed by atoms with Crippen LogP contribution in [0.25, 0.3) is 10.2 Å². The first kappa shape index (κ1) is 14.0. The molecular formula is C14H9N4O3S-. The summed E-state index contributed by atoms with van der Waals surface area (Å²) in [5.74, 6) is -0.624. The lowest BCUT2D eigenvalue weighted by Crippen LogP contribution is -1.99. The van der Waals surface area contributed by atoms with E-state index in [2.05, 4.69) is 15.5 Å². The summed E-state index contributed by atoms with van der Waals surface area (Å²) in [4.78, 5) is 14.3. The Morgan fingerprint density at radius 1 is 1.27 bits per heavy atom. The fourth-order valence-corrected chi connectivity index (χ4v) is 2.65. The molecule has 0 unspecified atom stereocenters. The zero-order valence-electron chi connectivity index (χ0n) is 11.1. The monoisotopic (exact) mass is 313 g/mol. The van der Waals surface area contributed by atoms with Crippen molar-refractivity contribution in [3.8, 4) is 5.75 Å². The maximum absolute atomic E-state index is 11.3. The molecule has 0 spiro atoms. The molecule has 110 valence electrons. The van der Waals surface area contributed by atoms with E-state index in [-0.39, 0.29) is 0 Å². The Kier molecular flexibility index (Phi) is 3.67. The number of benzene rings is 2. The number of aromatic nitrogens is 1. The smallest absolute Gasteiger partial charge is 0.262 e. The van der Waals surface area contributed by atoms with Gasteiger partial charge in [-0.3, -0.25) is 15.5 Å². The molecule has 0 saturated carbocycles. The molecule has 0 aliphatic carbocycles. The number of anilines is 1. The Labute approximate surface area is 128 Å². The highest BCUT2D eigenvalue weighted by Gasteiger charge is 2.07. The van der Waals surface area contributed by atoms with Gasteiger partial charge in [0.15, 0.2) is 0 Å². The Morgan fingerprint density at radius 3 is 2.86 bits per heavy atom. The Bertz CT molecular complexity index is 842. The summed E-state index contributed by atoms with van der Waals surface area (Å²) < 4.78 is 1.03. The molecule has 3 aromatic rings. The minimum absolute atomic E-state index is 0.458. The van der Waals surface area contributed by atoms with Crippen LogP contribution in [0.1, 0.15) is 5.56 Å². The average Bonchev–Trinajstić information content (AvgIpc) is 2.91. The summed E-state index contributed by atoms with van der Waals surface area (Å²) >= 11 is 1.45. The van der Waals surface area contributed by atoms with Gasteiger partial charge in [-0.05, 0) is 17.9 Å². The van der Waals surface area contributed by atoms with E-state index in [1.807, 2.05) is 24.3 Å². The number of nitro groups is 1. The minimum atomic E-state index is -0.708. The van der Waals surface area contributed by atoms with Crippen molar-refractivity contribution in [1.82, 2.24) is 4.98 Å². The van der Waals surface area contributed by atoms with Crippen molar-refractivity contribution in [1.29, 1.82) is 0 Å². The first-order valence-corrected chi connectivity index (χ1v) is 7.05. The third-order valence-corrected chi connectivity index (χ3v) is 3.79. The van der Waals surface area contributed by atoms with E-state index in [1.165, 1.54) is 29.7 Å². The van der Waals surface area contributed by atoms with E-state index in [1.54, 1.807) is 0 Å². The largest absolute Gasteiger partial charge is 0.868 e. The fraction of sp³-hybridized carbons (Fsp3) is 0. The normalized spacial score (nSPS) is 11.1. The van der Waals surface area contributed by atoms with Crippen molar-refractivity contribution in [3.63, 3.8) is 0 Å². The zero-order chi connectivity index (χ0) is 15.5. The van der Waals surface area contributed by atoms with E-state index >= 15 is 0 Å². The maximum Gasteiger partial charge on any atom is 0.262 e. The fourth-order valence-electron chi connectivity index (χ4n) is 1.84. The van der Waals surface area contributed by atoms with Crippen LogP contribution in [0, 0.1) is 10.1 Å². The summed E-state index contributed by atoms with van der Waals surface area (Å²) in [6.07, 6.45) is 1.40. The molecule has 2 aromatic carbocycles. The van der Waals surface area contributed by atoms with Gasteiger partial charge in [0.1, 0.15) is 0 Å². The molecule has 0 aliphatic rings. The topological polar surface area (TPSA) is 103 Å². The molecule has 0 aliphatic heterocycles. The lowest BCUT2D eigenvalue weighted by molar-refractivity contribution is -0.398. The van der Waals surface area contributed by atoms with Crippen LogP contribution in [0.15, 0.2) is 47.6 Å². The highest BCUT2D eigenvalue weighted by Crippen LogP contribution is 2.25. The third kappa shape index (κ3) is 2.86. The third-order valence-electron chi connectivity index (χ3n) is 2.85. The highest BCUT2D eigenvalue weighted by atomic mass is 32.1. The van der Waals surface area contributed by atoms with Crippen LogP contribution in [0.4, 0.5) is 10.8 Å². The average molecular weight is 313 g/mol. The first-order chi connectivity index (χ1) is 10.6. The number of hydrazone groups is 1. The second-order valence-corrected chi connectivity index (χ2v) is 5.37. The molecule has 3 rings (SSSR count). The van der Waals surface area contributed by atoms with Crippen LogP contribution in [0.3, 0.4) is 0 Å². The van der Waals surface area contributed by atoms with Crippen molar-refractivity contribution < 1.29 is 10.0 Å². The Hall–Kier alpha value is -3.00. The van der Waals surface area contributed by atoms with E-state index in [0.717, 1.165) is 16.3 Å². The van der Waals surface area contributed by atoms with E-state index in [4.69, 9.17) is 0 Å². The standard InChI is InChI=1S/C14H10N4O3S/c19-12-6-5-9(7-11(12)18(20)21)8-15-17-14-16-10-3-1-2-4-13(10)22-14/h1-8,19H,(H,16,17)/p-1/b15-8-. The quantitative estimate of drug-likeness (QED) is 0.453. The first-order valence-electron chi connectivity index (χ1n) is 6.23. The second kappa shape index (κ2) is 5.78. The number of thiazole rings is 1. The molecule has 0 bridgehead atoms. The number of para-hydroxylation sites is 1. The summed E-state index contributed by atoms with van der Waals surface area (Å²) in [5.41, 5.74) is 3.64. The number of nitrogens with one attached hydrogen (secondary N) is 1. The van der Waals surface area contributed by atoms with E-state index in [9.17, 15) is 15.2 Å². The van der Waals surface area contributed by atoms with Crippen molar-refractivity contribution in [2.24, 2.45) is 5.10 Å². The molecular weight excluding hydrogens is 304 g/mol. The minimum Gasteiger partial charge on any atom is -0.868 e. The van der Waals surface area contributed by atoms with Crippen LogP contribution in [-0.2, 0) is 0 Å². The van der Waals surface area contributed by atoms with Gasteiger partial charge in [0.05, 0.1) is 21.4 Å². The van der Waals surface area contributed by atoms with Gasteiger partial charge >= 0.3 is 0 Å². The maximum atomic E-state index is 11.3. The molecule has 7 nitrogen and oxygen atoms in total. The van der Waals surface area contributed by atoms with Gasteiger partial charge in [-0.1, -0.05) is 35.6 Å². The number of hydrogen-bond donors (Lipinski definition) is 1. The van der Waals surface area contributed by atoms with Crippen molar-refractivity contribution >= 4 is 38.6 Å². The molecule has 0 atom stereocenters. The lowest BCUT2D eigenvalue weighted by atomic mass is 10.2. The predicted octanol–water partition coefficient (Wildman–Crippen LogP) is 2.72. The highest BCUT2D eigenvalue weighted by molar-refractivity contribution is 7.22. The van der Waals surface area contributed by atoms with Crippen LogP contribution < -0.4 is 10.5 Å². The molecule has 0 amide bonds. The number of rotatable bonds is 4. The molecule has 1 aromatic heterocycles. The SMILES string of the molecule is O=[N+]([O-])c1cc(/C=N\Nc2nc3ccccc3s2)ccc1[O-]. The van der Waals surface area contributed by atoms with Gasteiger partial charge in [0, 0.05) is 11.6 Å². The van der Waals surface area contributed by atoms with Gasteiger partial charge in [0.2, 0.25) is 5.13 Å². The van der Waals surface area contributed by atoms with Crippen LogP contribution in [-0.4, -0.2) is 16.1 Å². The molecule has 0 fully saturated rings. The Balaban J connectivity index is 1.77. The number of hydrogen-bond acceptors (Lipinski definition) is 7. The molecule has 8 heteroatoms. The van der Waals surface area contributed by atoms with Crippen molar-refractivity contribution in [2.75, 3.05) is 5.43 Å². The van der Waals surface area contributed by atoms with Gasteiger partial charge < -0.3 is 5.11 Å². The van der Waals surface area contributed by atoms with Crippen molar-refractivity contribution in [2.45, 2.75) is 0 Å². The van der Waals surface area contributed by atoms with Crippen LogP contribution in [0.2, 0.25) is 0 Å². The van der Waals surface area contributed by atoms with Crippen LogP contribution >= 0.6 is 11.3 Å². The van der Waals surface area contributed by atoms with Crippen molar-refractivity contribution in [3.05, 3.63) is 58.1 Å². The summed E-state index contributed by atoms with van der Waals surface area (Å²) in [7, 11) is 0. The molecule has 1 N–H and O–H groups in total. The number of nitrogens with zero attached hydrogens (tertiary/aromatic N) is 3. The number of nitro benzene ring substituents is 1. The lowest BCUT2D eigenvalue weighted by Gasteiger charge is -2.05. The molecule has 0 radical (unpaired) electrons. The van der Waals surface area contributed by atoms with Gasteiger partial charge in [-0.25, -0.2) is 4.98 Å². The van der Waals surface area contributed by atoms with Gasteiger partial charge in [-0.15, -0.1) is 0 Å². The van der Waals surface area contributed by atoms with Crippen LogP contribution in [0.5, 0.6) is 5.75 Å². The van der Waals surface area contributed by atoms with Gasteiger partial charge in [-0.2, -0.15) is 5.10 Å². The van der Waals surface area contributed by atoms with E-state index in [0.29, 0.717) is 10.7 Å². The summed E-state index contributed by atoms with van der Waals surface area (Å²) in [6, 6.07) is 11.5. The zero-order valence-corrected chi connectivity index (χ0v) is 11.9. The van der Waals surface area contributed by atoms with Gasteiger partial charge in [0.25, 0.3) is 5.69 Å². The van der Waals surface area contributed by atoms with E-state index < -0.39 is 16.4 Å². The predicted molar refractivity (Wildman–Crippen MR) is 83.4 cm³/mol. The second-order valence-electron chi connectivity index (χ2n) is 4.34. The summed E-state index contributed by atoms with van der Waals surface area (Å²) in [5, 5.41) is 26.6. The summed E-state index contributed by atoms with van der Waals surface area (Å²) in [6.45, 7) is 0. The number of fused-ring (bicyclic) bond motifs is 1. The molecule has 1 heterocycles. The molecule has 0 saturated heterocycles. The molecule has 22 heavy (non-hydrogen) atoms.